The summed E-state index contributed by atoms with van der Waals surface area (Å²) in [6.45, 7) is 2.73. The van der Waals surface area contributed by atoms with Gasteiger partial charge in [-0.15, -0.1) is 0 Å². The number of carbonyl (C=O) groups excluding carboxylic acids is 2. The molecule has 0 bridgehead atoms. The maximum absolute atomic E-state index is 12.9. The minimum atomic E-state index is -3.76. The monoisotopic (exact) mass is 386 g/mol. The lowest BCUT2D eigenvalue weighted by Crippen LogP contribution is -2.49. The molecule has 1 atom stereocenters. The first-order chi connectivity index (χ1) is 12.3. The smallest absolute Gasteiger partial charge is 0.273 e. The number of sulfonamides is 1. The third kappa shape index (κ3) is 4.63. The molecule has 1 fully saturated rings. The van der Waals surface area contributed by atoms with Crippen LogP contribution in [0.15, 0.2) is 15.6 Å². The second-order valence-electron chi connectivity index (χ2n) is 6.23. The van der Waals surface area contributed by atoms with E-state index in [1.165, 1.54) is 13.1 Å². The quantitative estimate of drug-likeness (QED) is 0.602. The normalized spacial score (nSPS) is 18.0. The van der Waals surface area contributed by atoms with Crippen molar-refractivity contribution in [1.29, 1.82) is 0 Å². The molecule has 0 radical (unpaired) electrons. The van der Waals surface area contributed by atoms with Gasteiger partial charge in [0.2, 0.25) is 11.0 Å². The van der Waals surface area contributed by atoms with E-state index in [2.05, 4.69) is 10.0 Å². The van der Waals surface area contributed by atoms with Gasteiger partial charge in [0.05, 0.1) is 5.56 Å². The van der Waals surface area contributed by atoms with E-state index < -0.39 is 10.0 Å². The molecule has 1 aromatic rings. The number of nitrogens with one attached hydrogen (secondary N) is 2. The molecular weight excluding hydrogens is 360 g/mol. The van der Waals surface area contributed by atoms with Crippen molar-refractivity contribution >= 4 is 21.8 Å². The first-order valence-corrected chi connectivity index (χ1v) is 10.1. The van der Waals surface area contributed by atoms with Crippen molar-refractivity contribution in [3.63, 3.8) is 0 Å². The van der Waals surface area contributed by atoms with Crippen LogP contribution in [-0.2, 0) is 14.8 Å². The molecule has 1 aromatic heterocycles. The molecule has 146 valence electrons. The summed E-state index contributed by atoms with van der Waals surface area (Å²) in [6, 6.07) is 1.11. The van der Waals surface area contributed by atoms with Gasteiger partial charge in [-0.05, 0) is 33.2 Å². The molecule has 0 saturated carbocycles. The first-order valence-electron chi connectivity index (χ1n) is 8.62. The lowest BCUT2D eigenvalue weighted by Gasteiger charge is -2.35. The Hall–Kier alpha value is -1.91. The van der Waals surface area contributed by atoms with Crippen LogP contribution in [0.3, 0.4) is 0 Å². The second kappa shape index (κ2) is 8.65. The van der Waals surface area contributed by atoms with Gasteiger partial charge in [-0.2, -0.15) is 0 Å². The highest BCUT2D eigenvalue weighted by molar-refractivity contribution is 7.89. The van der Waals surface area contributed by atoms with Crippen LogP contribution in [0.5, 0.6) is 0 Å². The number of likely N-dealkylation sites (tertiary alicyclic amines) is 1. The minimum Gasteiger partial charge on any atom is -0.448 e. The first kappa shape index (κ1) is 20.4. The SMILES string of the molecule is CNS(=O)(=O)c1cc(C(=O)N2CCCCC2CNC(=O)CCN)c(C)o1. The number of amides is 2. The van der Waals surface area contributed by atoms with Crippen molar-refractivity contribution in [2.24, 2.45) is 5.73 Å². The molecule has 2 rings (SSSR count). The third-order valence-corrected chi connectivity index (χ3v) is 5.72. The molecule has 10 heteroatoms. The summed E-state index contributed by atoms with van der Waals surface area (Å²) >= 11 is 0. The summed E-state index contributed by atoms with van der Waals surface area (Å²) in [6.07, 6.45) is 2.84. The Balaban J connectivity index is 2.16. The van der Waals surface area contributed by atoms with Crippen molar-refractivity contribution in [1.82, 2.24) is 14.9 Å². The van der Waals surface area contributed by atoms with Crippen LogP contribution in [-0.4, -0.2) is 57.9 Å². The van der Waals surface area contributed by atoms with E-state index in [0.717, 1.165) is 19.3 Å². The topological polar surface area (TPSA) is 135 Å². The number of piperidine rings is 1. The number of aryl methyl sites for hydroxylation is 1. The average molecular weight is 386 g/mol. The molecule has 4 N–H and O–H groups in total. The maximum atomic E-state index is 12.9. The van der Waals surface area contributed by atoms with Gasteiger partial charge in [-0.3, -0.25) is 9.59 Å². The van der Waals surface area contributed by atoms with Crippen LogP contribution in [0.1, 0.15) is 41.8 Å². The van der Waals surface area contributed by atoms with Gasteiger partial charge in [0.15, 0.2) is 0 Å². The van der Waals surface area contributed by atoms with E-state index in [1.807, 2.05) is 0 Å². The van der Waals surface area contributed by atoms with E-state index in [9.17, 15) is 18.0 Å². The Kier molecular flexibility index (Phi) is 6.79. The molecule has 1 saturated heterocycles. The van der Waals surface area contributed by atoms with Crippen molar-refractivity contribution in [2.75, 3.05) is 26.7 Å². The Bertz CT molecular complexity index is 759. The van der Waals surface area contributed by atoms with Gasteiger partial charge in [-0.1, -0.05) is 0 Å². The molecule has 0 spiro atoms. The molecule has 1 aliphatic rings. The summed E-state index contributed by atoms with van der Waals surface area (Å²) in [5.74, 6) is -0.186. The Morgan fingerprint density at radius 1 is 1.38 bits per heavy atom. The van der Waals surface area contributed by atoms with Crippen molar-refractivity contribution < 1.29 is 22.4 Å². The molecule has 26 heavy (non-hydrogen) atoms. The summed E-state index contributed by atoms with van der Waals surface area (Å²) in [4.78, 5) is 26.3. The number of hydrogen-bond donors (Lipinski definition) is 3. The number of carbonyl (C=O) groups is 2. The van der Waals surface area contributed by atoms with E-state index in [0.29, 0.717) is 13.1 Å². The lowest BCUT2D eigenvalue weighted by molar-refractivity contribution is -0.121. The number of furan rings is 1. The molecule has 0 aliphatic carbocycles. The number of rotatable bonds is 7. The highest BCUT2D eigenvalue weighted by Gasteiger charge is 2.31. The Morgan fingerprint density at radius 2 is 2.12 bits per heavy atom. The fraction of sp³-hybridized carbons (Fsp3) is 0.625. The summed E-state index contributed by atoms with van der Waals surface area (Å²) < 4.78 is 31.2. The van der Waals surface area contributed by atoms with Crippen molar-refractivity contribution in [3.05, 3.63) is 17.4 Å². The average Bonchev–Trinajstić information content (AvgIpc) is 3.02. The van der Waals surface area contributed by atoms with Gasteiger partial charge < -0.3 is 20.4 Å². The maximum Gasteiger partial charge on any atom is 0.273 e. The Labute approximate surface area is 153 Å². The Morgan fingerprint density at radius 3 is 2.77 bits per heavy atom. The summed E-state index contributed by atoms with van der Waals surface area (Å²) in [7, 11) is -2.48. The largest absolute Gasteiger partial charge is 0.448 e. The van der Waals surface area contributed by atoms with Gasteiger partial charge in [0.25, 0.3) is 15.9 Å². The predicted octanol–water partition coefficient (Wildman–Crippen LogP) is -0.0442. The van der Waals surface area contributed by atoms with Crippen LogP contribution in [0.2, 0.25) is 0 Å². The molecule has 2 heterocycles. The van der Waals surface area contributed by atoms with Gasteiger partial charge in [-0.25, -0.2) is 13.1 Å². The van der Waals surface area contributed by atoms with E-state index in [4.69, 9.17) is 10.2 Å². The summed E-state index contributed by atoms with van der Waals surface area (Å²) in [5, 5.41) is 2.51. The zero-order valence-corrected chi connectivity index (χ0v) is 15.9. The van der Waals surface area contributed by atoms with Crippen molar-refractivity contribution in [2.45, 2.75) is 43.7 Å². The molecule has 1 unspecified atom stereocenters. The van der Waals surface area contributed by atoms with E-state index in [1.54, 1.807) is 11.8 Å². The fourth-order valence-corrected chi connectivity index (χ4v) is 3.70. The van der Waals surface area contributed by atoms with Crippen LogP contribution in [0.25, 0.3) is 0 Å². The molecule has 2 amide bonds. The van der Waals surface area contributed by atoms with E-state index in [-0.39, 0.29) is 47.2 Å². The predicted molar refractivity (Wildman–Crippen MR) is 95.0 cm³/mol. The third-order valence-electron chi connectivity index (χ3n) is 4.45. The zero-order valence-electron chi connectivity index (χ0n) is 15.1. The summed E-state index contributed by atoms with van der Waals surface area (Å²) in [5.41, 5.74) is 5.59. The van der Waals surface area contributed by atoms with Crippen LogP contribution in [0, 0.1) is 6.92 Å². The molecule has 0 aromatic carbocycles. The minimum absolute atomic E-state index is 0.142. The number of nitrogens with zero attached hydrogens (tertiary/aromatic N) is 1. The van der Waals surface area contributed by atoms with Crippen molar-refractivity contribution in [3.8, 4) is 0 Å². The zero-order chi connectivity index (χ0) is 19.3. The second-order valence-corrected chi connectivity index (χ2v) is 8.05. The molecule has 1 aliphatic heterocycles. The highest BCUT2D eigenvalue weighted by atomic mass is 32.2. The molecular formula is C16H26N4O5S. The molecule has 9 nitrogen and oxygen atoms in total. The van der Waals surface area contributed by atoms with Gasteiger partial charge >= 0.3 is 0 Å². The highest BCUT2D eigenvalue weighted by Crippen LogP contribution is 2.24. The van der Waals surface area contributed by atoms with Gasteiger partial charge in [0.1, 0.15) is 5.76 Å². The van der Waals surface area contributed by atoms with Crippen LogP contribution >= 0.6 is 0 Å². The van der Waals surface area contributed by atoms with E-state index >= 15 is 0 Å². The number of hydrogen-bond acceptors (Lipinski definition) is 6. The van der Waals surface area contributed by atoms with Crippen LogP contribution in [0.4, 0.5) is 0 Å². The van der Waals surface area contributed by atoms with Crippen LogP contribution < -0.4 is 15.8 Å². The fourth-order valence-electron chi connectivity index (χ4n) is 2.99. The standard InChI is InChI=1S/C16H26N4O5S/c1-11-13(9-15(25-11)26(23,24)18-2)16(22)20-8-4-3-5-12(20)10-19-14(21)6-7-17/h9,12,18H,3-8,10,17H2,1-2H3,(H,19,21). The number of nitrogens with two attached hydrogens (primary N) is 1. The van der Waals surface area contributed by atoms with Gasteiger partial charge in [0, 0.05) is 38.2 Å². The lowest BCUT2D eigenvalue weighted by atomic mass is 10.0.